The molecule has 0 heterocycles. The van der Waals surface area contributed by atoms with Gasteiger partial charge in [0.1, 0.15) is 0 Å². The van der Waals surface area contributed by atoms with E-state index in [0.717, 1.165) is 19.3 Å². The molecule has 26 heavy (non-hydrogen) atoms. The highest BCUT2D eigenvalue weighted by atomic mass is 16.5. The maximum absolute atomic E-state index is 12.0. The van der Waals surface area contributed by atoms with Gasteiger partial charge in [0.25, 0.3) is 0 Å². The summed E-state index contributed by atoms with van der Waals surface area (Å²) in [6.45, 7) is 10.1. The number of carbonyl (C=O) groups excluding carboxylic acids is 1. The monoisotopic (exact) mass is 362 g/mol. The van der Waals surface area contributed by atoms with Crippen LogP contribution in [0.25, 0.3) is 0 Å². The third-order valence-corrected chi connectivity index (χ3v) is 7.34. The van der Waals surface area contributed by atoms with E-state index < -0.39 is 0 Å². The molecule has 0 aliphatic heterocycles. The highest BCUT2D eigenvalue weighted by Crippen LogP contribution is 2.59. The van der Waals surface area contributed by atoms with Crippen molar-refractivity contribution in [1.29, 1.82) is 0 Å². The standard InChI is InChI=1S/C23H38O3/c1-17(12-15-25-5)11-14-23(4)18(2)9-10-19-20(23)8-7-13-22(19,3)16-21(24)26-6/h8,12,18-19H,7,9-11,13-16H2,1-6H3/b17-12+/t18-,19+,22-,23+/m1/s1. The molecule has 0 aromatic heterocycles. The molecule has 0 unspecified atom stereocenters. The van der Waals surface area contributed by atoms with Gasteiger partial charge in [-0.2, -0.15) is 0 Å². The zero-order valence-corrected chi connectivity index (χ0v) is 17.7. The lowest BCUT2D eigenvalue weighted by atomic mass is 9.51. The zero-order valence-electron chi connectivity index (χ0n) is 17.7. The molecule has 148 valence electrons. The van der Waals surface area contributed by atoms with Gasteiger partial charge in [0.15, 0.2) is 0 Å². The second-order valence-corrected chi connectivity index (χ2v) is 9.06. The first-order valence-electron chi connectivity index (χ1n) is 10.2. The van der Waals surface area contributed by atoms with Crippen LogP contribution in [0.1, 0.15) is 72.6 Å². The average Bonchev–Trinajstić information content (AvgIpc) is 2.61. The van der Waals surface area contributed by atoms with Crippen LogP contribution in [0.3, 0.4) is 0 Å². The van der Waals surface area contributed by atoms with Gasteiger partial charge in [-0.15, -0.1) is 0 Å². The number of rotatable bonds is 7. The largest absolute Gasteiger partial charge is 0.469 e. The molecule has 1 fully saturated rings. The Kier molecular flexibility index (Phi) is 7.12. The molecule has 0 amide bonds. The number of hydrogen-bond acceptors (Lipinski definition) is 3. The Morgan fingerprint density at radius 3 is 2.69 bits per heavy atom. The van der Waals surface area contributed by atoms with Gasteiger partial charge in [-0.25, -0.2) is 0 Å². The van der Waals surface area contributed by atoms with Crippen LogP contribution in [0.4, 0.5) is 0 Å². The first kappa shape index (κ1) is 21.2. The van der Waals surface area contributed by atoms with E-state index in [0.29, 0.717) is 24.9 Å². The van der Waals surface area contributed by atoms with Crippen LogP contribution in [-0.4, -0.2) is 26.8 Å². The third-order valence-electron chi connectivity index (χ3n) is 7.34. The smallest absolute Gasteiger partial charge is 0.306 e. The van der Waals surface area contributed by atoms with Crippen LogP contribution in [0.5, 0.6) is 0 Å². The minimum absolute atomic E-state index is 0.0412. The molecule has 2 aliphatic rings. The summed E-state index contributed by atoms with van der Waals surface area (Å²) in [5.41, 5.74) is 3.30. The molecule has 3 nitrogen and oxygen atoms in total. The number of methoxy groups -OCH3 is 2. The molecule has 4 atom stereocenters. The predicted molar refractivity (Wildman–Crippen MR) is 107 cm³/mol. The summed E-state index contributed by atoms with van der Waals surface area (Å²) in [5, 5.41) is 0. The summed E-state index contributed by atoms with van der Waals surface area (Å²) in [6.07, 6.45) is 12.2. The number of fused-ring (bicyclic) bond motifs is 1. The maximum atomic E-state index is 12.0. The Morgan fingerprint density at radius 1 is 1.31 bits per heavy atom. The number of allylic oxidation sites excluding steroid dienone is 3. The van der Waals surface area contributed by atoms with Crippen LogP contribution in [0, 0.1) is 22.7 Å². The predicted octanol–water partition coefficient (Wildman–Crippen LogP) is 5.70. The maximum Gasteiger partial charge on any atom is 0.306 e. The van der Waals surface area contributed by atoms with Gasteiger partial charge in [0, 0.05) is 7.11 Å². The van der Waals surface area contributed by atoms with Gasteiger partial charge in [-0.1, -0.05) is 44.1 Å². The normalized spacial score (nSPS) is 34.8. The Labute approximate surface area is 160 Å². The van der Waals surface area contributed by atoms with Crippen molar-refractivity contribution in [3.05, 3.63) is 23.3 Å². The third kappa shape index (κ3) is 4.42. The van der Waals surface area contributed by atoms with Crippen LogP contribution in [0.2, 0.25) is 0 Å². The molecule has 0 bridgehead atoms. The summed E-state index contributed by atoms with van der Waals surface area (Å²) in [7, 11) is 3.25. The molecule has 3 heteroatoms. The quantitative estimate of drug-likeness (QED) is 0.430. The van der Waals surface area contributed by atoms with Crippen LogP contribution in [-0.2, 0) is 14.3 Å². The molecule has 0 aromatic carbocycles. The second-order valence-electron chi connectivity index (χ2n) is 9.06. The fourth-order valence-electron chi connectivity index (χ4n) is 5.19. The molecular weight excluding hydrogens is 324 g/mol. The summed E-state index contributed by atoms with van der Waals surface area (Å²) in [6, 6.07) is 0. The summed E-state index contributed by atoms with van der Waals surface area (Å²) in [5.74, 6) is 1.13. The van der Waals surface area contributed by atoms with E-state index in [1.54, 1.807) is 12.7 Å². The van der Waals surface area contributed by atoms with E-state index >= 15 is 0 Å². The molecule has 0 saturated heterocycles. The Hall–Kier alpha value is -1.09. The molecule has 2 aliphatic carbocycles. The van der Waals surface area contributed by atoms with Crippen molar-refractivity contribution in [3.63, 3.8) is 0 Å². The Balaban J connectivity index is 2.21. The molecule has 0 spiro atoms. The van der Waals surface area contributed by atoms with E-state index in [2.05, 4.69) is 39.8 Å². The van der Waals surface area contributed by atoms with Crippen molar-refractivity contribution in [2.45, 2.75) is 72.6 Å². The molecule has 0 radical (unpaired) electrons. The first-order valence-corrected chi connectivity index (χ1v) is 10.2. The summed E-state index contributed by atoms with van der Waals surface area (Å²) < 4.78 is 10.2. The van der Waals surface area contributed by atoms with Crippen molar-refractivity contribution in [3.8, 4) is 0 Å². The summed E-state index contributed by atoms with van der Waals surface area (Å²) in [4.78, 5) is 12.0. The molecule has 0 N–H and O–H groups in total. The topological polar surface area (TPSA) is 35.5 Å². The average molecular weight is 363 g/mol. The van der Waals surface area contributed by atoms with Crippen LogP contribution < -0.4 is 0 Å². The number of esters is 1. The van der Waals surface area contributed by atoms with Crippen LogP contribution >= 0.6 is 0 Å². The van der Waals surface area contributed by atoms with E-state index in [-0.39, 0.29) is 16.8 Å². The summed E-state index contributed by atoms with van der Waals surface area (Å²) >= 11 is 0. The van der Waals surface area contributed by atoms with Gasteiger partial charge >= 0.3 is 5.97 Å². The van der Waals surface area contributed by atoms with Gasteiger partial charge in [-0.05, 0) is 68.1 Å². The van der Waals surface area contributed by atoms with Crippen molar-refractivity contribution < 1.29 is 14.3 Å². The number of ether oxygens (including phenoxy) is 2. The molecular formula is C23H38O3. The number of carbonyl (C=O) groups is 1. The fourth-order valence-corrected chi connectivity index (χ4v) is 5.19. The SMILES string of the molecule is COC/C=C(\C)CC[C@]1(C)C2=CCC[C@](C)(CC(=O)OC)[C@H]2CC[C@H]1C. The number of hydrogen-bond donors (Lipinski definition) is 0. The van der Waals surface area contributed by atoms with Crippen molar-refractivity contribution >= 4 is 5.97 Å². The van der Waals surface area contributed by atoms with Crippen molar-refractivity contribution in [1.82, 2.24) is 0 Å². The molecule has 0 aromatic rings. The van der Waals surface area contributed by atoms with Crippen molar-refractivity contribution in [2.75, 3.05) is 20.8 Å². The lowest BCUT2D eigenvalue weighted by Gasteiger charge is -2.54. The molecule has 2 rings (SSSR count). The lowest BCUT2D eigenvalue weighted by Crippen LogP contribution is -2.45. The molecule has 1 saturated carbocycles. The van der Waals surface area contributed by atoms with Crippen LogP contribution in [0.15, 0.2) is 23.3 Å². The van der Waals surface area contributed by atoms with E-state index in [9.17, 15) is 4.79 Å². The Morgan fingerprint density at radius 2 is 2.04 bits per heavy atom. The van der Waals surface area contributed by atoms with Gasteiger partial charge in [0.2, 0.25) is 0 Å². The minimum Gasteiger partial charge on any atom is -0.469 e. The van der Waals surface area contributed by atoms with Gasteiger partial charge in [-0.3, -0.25) is 4.79 Å². The highest BCUT2D eigenvalue weighted by Gasteiger charge is 2.49. The van der Waals surface area contributed by atoms with E-state index in [4.69, 9.17) is 9.47 Å². The highest BCUT2D eigenvalue weighted by molar-refractivity contribution is 5.70. The van der Waals surface area contributed by atoms with E-state index in [1.165, 1.54) is 31.9 Å². The van der Waals surface area contributed by atoms with E-state index in [1.807, 2.05) is 0 Å². The Bertz CT molecular complexity index is 562. The zero-order chi connectivity index (χ0) is 19.4. The van der Waals surface area contributed by atoms with Gasteiger partial charge in [0.05, 0.1) is 20.1 Å². The van der Waals surface area contributed by atoms with Crippen molar-refractivity contribution in [2.24, 2.45) is 22.7 Å². The fraction of sp³-hybridized carbons (Fsp3) is 0.783. The second kappa shape index (κ2) is 8.73. The lowest BCUT2D eigenvalue weighted by molar-refractivity contribution is -0.144. The first-order chi connectivity index (χ1) is 12.3. The van der Waals surface area contributed by atoms with Gasteiger partial charge < -0.3 is 9.47 Å². The minimum atomic E-state index is -0.0626.